The fourth-order valence-electron chi connectivity index (χ4n) is 3.19. The van der Waals surface area contributed by atoms with Crippen LogP contribution >= 0.6 is 0 Å². The van der Waals surface area contributed by atoms with Crippen LogP contribution < -0.4 is 0 Å². The summed E-state index contributed by atoms with van der Waals surface area (Å²) in [6.07, 6.45) is -0.253. The number of H-pyrrole nitrogens is 1. The molecule has 1 aromatic carbocycles. The third kappa shape index (κ3) is 3.49. The van der Waals surface area contributed by atoms with Crippen molar-refractivity contribution >= 4 is 10.0 Å². The molecule has 1 aliphatic heterocycles. The average Bonchev–Trinajstić information content (AvgIpc) is 2.94. The summed E-state index contributed by atoms with van der Waals surface area (Å²) in [5.74, 6) is 0.463. The Bertz CT molecular complexity index is 821. The quantitative estimate of drug-likeness (QED) is 0.906. The first-order valence-corrected chi connectivity index (χ1v) is 9.98. The highest BCUT2D eigenvalue weighted by molar-refractivity contribution is 7.89. The minimum Gasteiger partial charge on any atom is -0.371 e. The molecule has 1 unspecified atom stereocenters. The van der Waals surface area contributed by atoms with E-state index in [-0.39, 0.29) is 11.0 Å². The number of rotatable bonds is 4. The van der Waals surface area contributed by atoms with Crippen LogP contribution in [0.2, 0.25) is 0 Å². The normalized spacial score (nSPS) is 19.5. The van der Waals surface area contributed by atoms with E-state index in [0.717, 1.165) is 5.56 Å². The third-order valence-electron chi connectivity index (χ3n) is 4.66. The number of nitrogens with one attached hydrogen (secondary N) is 1. The van der Waals surface area contributed by atoms with Crippen LogP contribution in [0.3, 0.4) is 0 Å². The predicted molar refractivity (Wildman–Crippen MR) is 96.0 cm³/mol. The van der Waals surface area contributed by atoms with E-state index in [4.69, 9.17) is 4.74 Å². The van der Waals surface area contributed by atoms with Crippen molar-refractivity contribution in [3.05, 3.63) is 46.8 Å². The second kappa shape index (κ2) is 6.90. The van der Waals surface area contributed by atoms with Crippen molar-refractivity contribution in [3.8, 4) is 0 Å². The van der Waals surface area contributed by atoms with E-state index in [1.807, 2.05) is 12.1 Å². The molecule has 1 aromatic heterocycles. The summed E-state index contributed by atoms with van der Waals surface area (Å²) in [5.41, 5.74) is 3.34. The Morgan fingerprint density at radius 2 is 1.92 bits per heavy atom. The number of nitrogens with zero attached hydrogens (tertiary/aromatic N) is 2. The first-order valence-electron chi connectivity index (χ1n) is 8.54. The Labute approximate surface area is 149 Å². The lowest BCUT2D eigenvalue weighted by Gasteiger charge is -2.32. The Kier molecular flexibility index (Phi) is 4.99. The van der Waals surface area contributed by atoms with Gasteiger partial charge in [0, 0.05) is 13.1 Å². The van der Waals surface area contributed by atoms with Crippen LogP contribution in [-0.2, 0) is 14.8 Å². The molecular formula is C18H25N3O3S. The molecule has 2 heterocycles. The molecule has 0 amide bonds. The Morgan fingerprint density at radius 1 is 1.24 bits per heavy atom. The van der Waals surface area contributed by atoms with Gasteiger partial charge in [0.15, 0.2) is 0 Å². The van der Waals surface area contributed by atoms with Crippen LogP contribution in [0.5, 0.6) is 0 Å². The van der Waals surface area contributed by atoms with Gasteiger partial charge in [-0.15, -0.1) is 0 Å². The largest absolute Gasteiger partial charge is 0.371 e. The highest BCUT2D eigenvalue weighted by Gasteiger charge is 2.34. The average molecular weight is 363 g/mol. The van der Waals surface area contributed by atoms with Crippen LogP contribution in [0, 0.1) is 13.8 Å². The van der Waals surface area contributed by atoms with E-state index < -0.39 is 10.0 Å². The van der Waals surface area contributed by atoms with Gasteiger partial charge in [-0.1, -0.05) is 38.1 Å². The van der Waals surface area contributed by atoms with E-state index in [9.17, 15) is 8.42 Å². The summed E-state index contributed by atoms with van der Waals surface area (Å²) in [6, 6.07) is 8.23. The molecule has 7 heteroatoms. The van der Waals surface area contributed by atoms with E-state index in [1.54, 1.807) is 13.8 Å². The van der Waals surface area contributed by atoms with Gasteiger partial charge in [-0.05, 0) is 30.9 Å². The molecule has 0 radical (unpaired) electrons. The first-order chi connectivity index (χ1) is 11.8. The number of aromatic nitrogens is 2. The third-order valence-corrected chi connectivity index (χ3v) is 6.79. The molecule has 1 atom stereocenters. The zero-order valence-corrected chi connectivity index (χ0v) is 15.9. The molecule has 25 heavy (non-hydrogen) atoms. The molecule has 1 aliphatic rings. The number of aromatic amines is 1. The molecule has 6 nitrogen and oxygen atoms in total. The van der Waals surface area contributed by atoms with Crippen LogP contribution in [-0.4, -0.2) is 42.6 Å². The molecule has 0 spiro atoms. The second-order valence-corrected chi connectivity index (χ2v) is 8.68. The number of morpholine rings is 1. The SMILES string of the molecule is Cc1n[nH]c(C)c1S(=O)(=O)N1CCOC(c2ccc(C(C)C)cc2)C1. The maximum absolute atomic E-state index is 13.0. The van der Waals surface area contributed by atoms with Gasteiger partial charge in [0.05, 0.1) is 24.1 Å². The van der Waals surface area contributed by atoms with Gasteiger partial charge < -0.3 is 4.74 Å². The predicted octanol–water partition coefficient (Wildman–Crippen LogP) is 2.91. The Hall–Kier alpha value is -1.70. The number of sulfonamides is 1. The van der Waals surface area contributed by atoms with Gasteiger partial charge in [0.2, 0.25) is 10.0 Å². The second-order valence-electron chi connectivity index (χ2n) is 6.81. The van der Waals surface area contributed by atoms with Crippen molar-refractivity contribution in [3.63, 3.8) is 0 Å². The van der Waals surface area contributed by atoms with E-state index in [2.05, 4.69) is 36.2 Å². The summed E-state index contributed by atoms with van der Waals surface area (Å²) in [4.78, 5) is 0.281. The van der Waals surface area contributed by atoms with E-state index in [1.165, 1.54) is 9.87 Å². The molecule has 0 bridgehead atoms. The molecule has 136 valence electrons. The van der Waals surface area contributed by atoms with Crippen molar-refractivity contribution in [2.24, 2.45) is 0 Å². The lowest BCUT2D eigenvalue weighted by molar-refractivity contribution is -0.00258. The van der Waals surface area contributed by atoms with E-state index >= 15 is 0 Å². The fourth-order valence-corrected chi connectivity index (χ4v) is 4.95. The van der Waals surface area contributed by atoms with Crippen LogP contribution in [0.1, 0.15) is 48.4 Å². The van der Waals surface area contributed by atoms with E-state index in [0.29, 0.717) is 37.0 Å². The number of hydrogen-bond acceptors (Lipinski definition) is 4. The lowest BCUT2D eigenvalue weighted by Crippen LogP contribution is -2.42. The van der Waals surface area contributed by atoms with Gasteiger partial charge >= 0.3 is 0 Å². The minimum absolute atomic E-state index is 0.253. The molecule has 0 aliphatic carbocycles. The summed E-state index contributed by atoms with van der Waals surface area (Å²) in [5, 5.41) is 6.77. The van der Waals surface area contributed by atoms with Gasteiger partial charge in [-0.2, -0.15) is 9.40 Å². The molecule has 3 rings (SSSR count). The summed E-state index contributed by atoms with van der Waals surface area (Å²) < 4.78 is 33.4. The van der Waals surface area contributed by atoms with Crippen molar-refractivity contribution in [2.75, 3.05) is 19.7 Å². The molecule has 1 fully saturated rings. The summed E-state index contributed by atoms with van der Waals surface area (Å²) >= 11 is 0. The van der Waals surface area contributed by atoms with Crippen molar-refractivity contribution in [1.82, 2.24) is 14.5 Å². The zero-order valence-electron chi connectivity index (χ0n) is 15.1. The first kappa shape index (κ1) is 18.1. The maximum atomic E-state index is 13.0. The Morgan fingerprint density at radius 3 is 2.48 bits per heavy atom. The van der Waals surface area contributed by atoms with Crippen molar-refractivity contribution in [1.29, 1.82) is 0 Å². The molecule has 2 aromatic rings. The van der Waals surface area contributed by atoms with Crippen LogP contribution in [0.4, 0.5) is 0 Å². The maximum Gasteiger partial charge on any atom is 0.246 e. The molecule has 0 saturated carbocycles. The molecule has 1 N–H and O–H groups in total. The highest BCUT2D eigenvalue weighted by Crippen LogP contribution is 2.29. The summed E-state index contributed by atoms with van der Waals surface area (Å²) in [6.45, 7) is 8.78. The number of ether oxygens (including phenoxy) is 1. The molecular weight excluding hydrogens is 338 g/mol. The van der Waals surface area contributed by atoms with Crippen molar-refractivity contribution in [2.45, 2.75) is 44.6 Å². The lowest BCUT2D eigenvalue weighted by atomic mass is 10.00. The Balaban J connectivity index is 1.83. The standard InChI is InChI=1S/C18H25N3O3S/c1-12(2)15-5-7-16(8-6-15)17-11-21(9-10-24-17)25(22,23)18-13(3)19-20-14(18)4/h5-8,12,17H,9-11H2,1-4H3,(H,19,20). The zero-order chi connectivity index (χ0) is 18.2. The van der Waals surface area contributed by atoms with Gasteiger partial charge in [0.1, 0.15) is 4.90 Å². The minimum atomic E-state index is -3.58. The number of benzene rings is 1. The fraction of sp³-hybridized carbons (Fsp3) is 0.500. The topological polar surface area (TPSA) is 75.3 Å². The van der Waals surface area contributed by atoms with Gasteiger partial charge in [0.25, 0.3) is 0 Å². The highest BCUT2D eigenvalue weighted by atomic mass is 32.2. The van der Waals surface area contributed by atoms with Crippen LogP contribution in [0.15, 0.2) is 29.2 Å². The molecule has 1 saturated heterocycles. The summed E-state index contributed by atoms with van der Waals surface area (Å²) in [7, 11) is -3.58. The van der Waals surface area contributed by atoms with Gasteiger partial charge in [-0.25, -0.2) is 8.42 Å². The van der Waals surface area contributed by atoms with Crippen molar-refractivity contribution < 1.29 is 13.2 Å². The smallest absolute Gasteiger partial charge is 0.246 e. The van der Waals surface area contributed by atoms with Crippen LogP contribution in [0.25, 0.3) is 0 Å². The van der Waals surface area contributed by atoms with Gasteiger partial charge in [-0.3, -0.25) is 5.10 Å². The number of hydrogen-bond donors (Lipinski definition) is 1. The monoisotopic (exact) mass is 363 g/mol. The number of aryl methyl sites for hydroxylation is 2.